The smallest absolute Gasteiger partial charge is 0.261 e. The van der Waals surface area contributed by atoms with Crippen LogP contribution in [0.3, 0.4) is 0 Å². The van der Waals surface area contributed by atoms with Crippen molar-refractivity contribution in [2.75, 3.05) is 4.72 Å². The largest absolute Gasteiger partial charge is 0.288 e. The van der Waals surface area contributed by atoms with Gasteiger partial charge in [0.05, 0.1) is 16.0 Å². The van der Waals surface area contributed by atoms with Gasteiger partial charge in [0.1, 0.15) is 0 Å². The number of imide groups is 1. The molecule has 0 bridgehead atoms. The summed E-state index contributed by atoms with van der Waals surface area (Å²) in [5.41, 5.74) is 0.653. The van der Waals surface area contributed by atoms with Crippen LogP contribution in [0.15, 0.2) is 65.6 Å². The number of benzene rings is 3. The summed E-state index contributed by atoms with van der Waals surface area (Å²) in [4.78, 5) is 23.2. The van der Waals surface area contributed by atoms with E-state index < -0.39 is 21.8 Å². The molecule has 0 radical (unpaired) electrons. The highest BCUT2D eigenvalue weighted by atomic mass is 32.2. The highest BCUT2D eigenvalue weighted by molar-refractivity contribution is 7.92. The summed E-state index contributed by atoms with van der Waals surface area (Å²) in [6, 6.07) is 16.7. The second-order valence-electron chi connectivity index (χ2n) is 5.66. The molecule has 1 aliphatic rings. The molecule has 25 heavy (non-hydrogen) atoms. The topological polar surface area (TPSA) is 92.3 Å². The molecule has 1 heterocycles. The minimum Gasteiger partial charge on any atom is -0.288 e. The third-order valence-corrected chi connectivity index (χ3v) is 5.40. The van der Waals surface area contributed by atoms with Gasteiger partial charge in [-0.2, -0.15) is 0 Å². The van der Waals surface area contributed by atoms with E-state index in [9.17, 15) is 18.0 Å². The van der Waals surface area contributed by atoms with Crippen molar-refractivity contribution < 1.29 is 18.0 Å². The van der Waals surface area contributed by atoms with Gasteiger partial charge in [0.25, 0.3) is 21.8 Å². The Labute approximate surface area is 143 Å². The van der Waals surface area contributed by atoms with E-state index in [1.54, 1.807) is 12.1 Å². The normalized spacial score (nSPS) is 13.6. The van der Waals surface area contributed by atoms with Gasteiger partial charge in [0.2, 0.25) is 0 Å². The van der Waals surface area contributed by atoms with Crippen LogP contribution in [0.5, 0.6) is 0 Å². The van der Waals surface area contributed by atoms with Gasteiger partial charge in [0.15, 0.2) is 0 Å². The van der Waals surface area contributed by atoms with Crippen LogP contribution in [0.2, 0.25) is 0 Å². The molecule has 0 spiro atoms. The lowest BCUT2D eigenvalue weighted by Gasteiger charge is -2.09. The maximum absolute atomic E-state index is 12.6. The zero-order chi connectivity index (χ0) is 17.6. The minimum absolute atomic E-state index is 0.0615. The molecule has 124 valence electrons. The maximum atomic E-state index is 12.6. The first-order valence-corrected chi connectivity index (χ1v) is 8.94. The van der Waals surface area contributed by atoms with Crippen LogP contribution in [0.25, 0.3) is 10.8 Å². The number of anilines is 1. The van der Waals surface area contributed by atoms with Gasteiger partial charge >= 0.3 is 0 Å². The predicted molar refractivity (Wildman–Crippen MR) is 93.0 cm³/mol. The van der Waals surface area contributed by atoms with E-state index in [2.05, 4.69) is 10.0 Å². The Balaban J connectivity index is 1.71. The van der Waals surface area contributed by atoms with Crippen LogP contribution in [-0.2, 0) is 10.0 Å². The Bertz CT molecular complexity index is 1150. The van der Waals surface area contributed by atoms with Gasteiger partial charge in [-0.25, -0.2) is 8.42 Å². The minimum atomic E-state index is -3.89. The molecule has 1 aliphatic heterocycles. The van der Waals surface area contributed by atoms with Gasteiger partial charge in [-0.05, 0) is 41.1 Å². The predicted octanol–water partition coefficient (Wildman–Crippen LogP) is 2.52. The highest BCUT2D eigenvalue weighted by Crippen LogP contribution is 2.24. The first kappa shape index (κ1) is 15.3. The lowest BCUT2D eigenvalue weighted by atomic mass is 10.1. The van der Waals surface area contributed by atoms with Crippen molar-refractivity contribution in [2.24, 2.45) is 0 Å². The molecule has 6 nitrogen and oxygen atoms in total. The molecular weight excluding hydrogens is 340 g/mol. The monoisotopic (exact) mass is 352 g/mol. The summed E-state index contributed by atoms with van der Waals surface area (Å²) in [7, 11) is -3.89. The molecule has 2 amide bonds. The number of rotatable bonds is 3. The molecule has 0 fully saturated rings. The SMILES string of the molecule is O=C1NC(=O)c2cc(S(=O)(=O)Nc3ccc4ccccc4c3)ccc21. The summed E-state index contributed by atoms with van der Waals surface area (Å²) in [5.74, 6) is -1.12. The molecule has 0 aromatic heterocycles. The first-order chi connectivity index (χ1) is 11.9. The third-order valence-electron chi connectivity index (χ3n) is 4.02. The van der Waals surface area contributed by atoms with E-state index in [1.807, 2.05) is 30.3 Å². The molecule has 3 aromatic rings. The zero-order valence-corrected chi connectivity index (χ0v) is 13.6. The molecule has 3 aromatic carbocycles. The number of nitrogens with one attached hydrogen (secondary N) is 2. The van der Waals surface area contributed by atoms with Gasteiger partial charge in [0, 0.05) is 5.69 Å². The summed E-state index contributed by atoms with van der Waals surface area (Å²) < 4.78 is 27.7. The summed E-state index contributed by atoms with van der Waals surface area (Å²) in [6.45, 7) is 0. The van der Waals surface area contributed by atoms with Crippen molar-refractivity contribution >= 4 is 38.3 Å². The highest BCUT2D eigenvalue weighted by Gasteiger charge is 2.28. The number of hydrogen-bond acceptors (Lipinski definition) is 4. The maximum Gasteiger partial charge on any atom is 0.261 e. The number of hydrogen-bond donors (Lipinski definition) is 2. The van der Waals surface area contributed by atoms with E-state index in [0.29, 0.717) is 5.69 Å². The quantitative estimate of drug-likeness (QED) is 0.709. The molecule has 4 rings (SSSR count). The Morgan fingerprint density at radius 1 is 0.760 bits per heavy atom. The average molecular weight is 352 g/mol. The van der Waals surface area contributed by atoms with E-state index in [-0.39, 0.29) is 16.0 Å². The molecule has 0 aliphatic carbocycles. The average Bonchev–Trinajstić information content (AvgIpc) is 2.88. The molecule has 0 unspecified atom stereocenters. The first-order valence-electron chi connectivity index (χ1n) is 7.45. The molecule has 0 saturated carbocycles. The van der Waals surface area contributed by atoms with Crippen molar-refractivity contribution in [1.82, 2.24) is 5.32 Å². The van der Waals surface area contributed by atoms with Crippen LogP contribution in [0.4, 0.5) is 5.69 Å². The van der Waals surface area contributed by atoms with Crippen LogP contribution in [0.1, 0.15) is 20.7 Å². The molecular formula is C18H12N2O4S. The van der Waals surface area contributed by atoms with E-state index in [4.69, 9.17) is 0 Å². The van der Waals surface area contributed by atoms with Crippen molar-refractivity contribution in [3.63, 3.8) is 0 Å². The van der Waals surface area contributed by atoms with Gasteiger partial charge < -0.3 is 0 Å². The van der Waals surface area contributed by atoms with Crippen LogP contribution in [0, 0.1) is 0 Å². The Morgan fingerprint density at radius 2 is 1.48 bits per heavy atom. The van der Waals surface area contributed by atoms with Crippen molar-refractivity contribution in [2.45, 2.75) is 4.90 Å². The Kier molecular flexibility index (Phi) is 3.33. The summed E-state index contributed by atoms with van der Waals surface area (Å²) >= 11 is 0. The second-order valence-corrected chi connectivity index (χ2v) is 7.34. The van der Waals surface area contributed by atoms with Crippen LogP contribution >= 0.6 is 0 Å². The van der Waals surface area contributed by atoms with Crippen LogP contribution in [-0.4, -0.2) is 20.2 Å². The van der Waals surface area contributed by atoms with Gasteiger partial charge in [-0.3, -0.25) is 19.6 Å². The number of sulfonamides is 1. The fourth-order valence-corrected chi connectivity index (χ4v) is 3.86. The van der Waals surface area contributed by atoms with Gasteiger partial charge in [-0.15, -0.1) is 0 Å². The second kappa shape index (κ2) is 5.42. The number of fused-ring (bicyclic) bond motifs is 2. The summed E-state index contributed by atoms with van der Waals surface area (Å²) in [5, 5.41) is 4.04. The van der Waals surface area contributed by atoms with Crippen molar-refractivity contribution in [1.29, 1.82) is 0 Å². The van der Waals surface area contributed by atoms with Crippen LogP contribution < -0.4 is 10.0 Å². The number of carbonyl (C=O) groups is 2. The molecule has 0 saturated heterocycles. The summed E-state index contributed by atoms with van der Waals surface area (Å²) in [6.07, 6.45) is 0. The van der Waals surface area contributed by atoms with E-state index in [1.165, 1.54) is 18.2 Å². The number of amides is 2. The Morgan fingerprint density at radius 3 is 2.28 bits per heavy atom. The van der Waals surface area contributed by atoms with Crippen molar-refractivity contribution in [3.05, 3.63) is 71.8 Å². The van der Waals surface area contributed by atoms with E-state index in [0.717, 1.165) is 10.8 Å². The lowest BCUT2D eigenvalue weighted by Crippen LogP contribution is -2.19. The molecule has 0 atom stereocenters. The Hall–Kier alpha value is -3.19. The molecule has 7 heteroatoms. The molecule has 2 N–H and O–H groups in total. The van der Waals surface area contributed by atoms with E-state index >= 15 is 0 Å². The zero-order valence-electron chi connectivity index (χ0n) is 12.8. The van der Waals surface area contributed by atoms with Gasteiger partial charge in [-0.1, -0.05) is 30.3 Å². The fraction of sp³-hybridized carbons (Fsp3) is 0. The standard InChI is InChI=1S/C18H12N2O4S/c21-17-15-8-7-14(10-16(15)18(22)19-17)25(23,24)20-13-6-5-11-3-1-2-4-12(11)9-13/h1-10,20H,(H,19,21,22). The lowest BCUT2D eigenvalue weighted by molar-refractivity contribution is 0.0879. The number of carbonyl (C=O) groups excluding carboxylic acids is 2. The fourth-order valence-electron chi connectivity index (χ4n) is 2.78. The third kappa shape index (κ3) is 2.64. The van der Waals surface area contributed by atoms with Crippen molar-refractivity contribution in [3.8, 4) is 0 Å².